The molecule has 1 aliphatic heterocycles. The van der Waals surface area contributed by atoms with E-state index in [4.69, 9.17) is 0 Å². The topological polar surface area (TPSA) is 24.9 Å². The summed E-state index contributed by atoms with van der Waals surface area (Å²) in [5, 5.41) is 3.44. The minimum atomic E-state index is 0.593. The second-order valence-electron chi connectivity index (χ2n) is 4.04. The van der Waals surface area contributed by atoms with Crippen molar-refractivity contribution in [2.24, 2.45) is 5.92 Å². The average molecular weight is 222 g/mol. The van der Waals surface area contributed by atoms with Gasteiger partial charge in [-0.1, -0.05) is 6.07 Å². The number of pyridine rings is 1. The number of likely N-dealkylation sites (N-methyl/N-ethyl adjacent to an activating group) is 1. The molecular formula is C12H18N2S. The van der Waals surface area contributed by atoms with Crippen molar-refractivity contribution in [2.45, 2.75) is 18.9 Å². The fraction of sp³-hybridized carbons (Fsp3) is 0.583. The minimum absolute atomic E-state index is 0.593. The Morgan fingerprint density at radius 3 is 3.13 bits per heavy atom. The Hall–Kier alpha value is -0.540. The van der Waals surface area contributed by atoms with Crippen LogP contribution in [0.25, 0.3) is 0 Å². The van der Waals surface area contributed by atoms with Gasteiger partial charge in [0.15, 0.2) is 0 Å². The van der Waals surface area contributed by atoms with Crippen molar-refractivity contribution in [3.8, 4) is 0 Å². The largest absolute Gasteiger partial charge is 0.316 e. The molecule has 15 heavy (non-hydrogen) atoms. The summed E-state index contributed by atoms with van der Waals surface area (Å²) >= 11 is 2.08. The molecule has 2 unspecified atom stereocenters. The number of rotatable bonds is 4. The Morgan fingerprint density at radius 2 is 2.53 bits per heavy atom. The molecule has 2 heterocycles. The van der Waals surface area contributed by atoms with Crippen molar-refractivity contribution in [1.82, 2.24) is 10.3 Å². The molecule has 1 saturated heterocycles. The molecule has 0 radical (unpaired) electrons. The van der Waals surface area contributed by atoms with Gasteiger partial charge in [-0.15, -0.1) is 0 Å². The summed E-state index contributed by atoms with van der Waals surface area (Å²) in [6, 6.07) is 6.75. The Bertz CT molecular complexity index is 283. The number of hydrogen-bond donors (Lipinski definition) is 1. The summed E-state index contributed by atoms with van der Waals surface area (Å²) in [6.07, 6.45) is 4.29. The van der Waals surface area contributed by atoms with Gasteiger partial charge in [0.25, 0.3) is 0 Å². The maximum Gasteiger partial charge on any atom is 0.0419 e. The van der Waals surface area contributed by atoms with Crippen LogP contribution in [-0.4, -0.2) is 29.6 Å². The van der Waals surface area contributed by atoms with Crippen molar-refractivity contribution in [3.05, 3.63) is 30.1 Å². The molecule has 0 spiro atoms. The van der Waals surface area contributed by atoms with Crippen molar-refractivity contribution < 1.29 is 0 Å². The standard InChI is InChI=1S/C12H18N2S/c1-13-12(10-5-7-15-9-10)8-11-4-2-3-6-14-11/h2-4,6,10,12-13H,5,7-9H2,1H3. The lowest BCUT2D eigenvalue weighted by Crippen LogP contribution is -2.35. The number of nitrogens with one attached hydrogen (secondary N) is 1. The Balaban J connectivity index is 1.96. The molecule has 0 bridgehead atoms. The monoisotopic (exact) mass is 222 g/mol. The summed E-state index contributed by atoms with van der Waals surface area (Å²) in [5.74, 6) is 3.45. The molecule has 1 N–H and O–H groups in total. The van der Waals surface area contributed by atoms with E-state index < -0.39 is 0 Å². The van der Waals surface area contributed by atoms with Gasteiger partial charge in [0, 0.05) is 24.4 Å². The molecule has 2 atom stereocenters. The lowest BCUT2D eigenvalue weighted by atomic mass is 9.95. The lowest BCUT2D eigenvalue weighted by molar-refractivity contribution is 0.401. The fourth-order valence-corrected chi connectivity index (χ4v) is 3.46. The van der Waals surface area contributed by atoms with Gasteiger partial charge >= 0.3 is 0 Å². The zero-order chi connectivity index (χ0) is 10.5. The third kappa shape index (κ3) is 2.95. The highest BCUT2D eigenvalue weighted by Crippen LogP contribution is 2.27. The van der Waals surface area contributed by atoms with E-state index in [1.54, 1.807) is 0 Å². The van der Waals surface area contributed by atoms with E-state index in [1.165, 1.54) is 23.6 Å². The van der Waals surface area contributed by atoms with Gasteiger partial charge in [0.05, 0.1) is 0 Å². The zero-order valence-corrected chi connectivity index (χ0v) is 9.96. The second kappa shape index (κ2) is 5.52. The van der Waals surface area contributed by atoms with E-state index >= 15 is 0 Å². The quantitative estimate of drug-likeness (QED) is 0.843. The Kier molecular flexibility index (Phi) is 4.03. The van der Waals surface area contributed by atoms with Crippen LogP contribution in [0.5, 0.6) is 0 Å². The molecule has 2 rings (SSSR count). The maximum atomic E-state index is 4.39. The summed E-state index contributed by atoms with van der Waals surface area (Å²) in [5.41, 5.74) is 1.20. The molecule has 2 nitrogen and oxygen atoms in total. The molecule has 1 aromatic heterocycles. The normalized spacial score (nSPS) is 22.9. The Morgan fingerprint density at radius 1 is 1.60 bits per heavy atom. The van der Waals surface area contributed by atoms with Crippen molar-refractivity contribution in [3.63, 3.8) is 0 Å². The molecule has 0 aliphatic carbocycles. The van der Waals surface area contributed by atoms with E-state index in [-0.39, 0.29) is 0 Å². The third-order valence-electron chi connectivity index (χ3n) is 3.06. The van der Waals surface area contributed by atoms with Crippen LogP contribution in [0.3, 0.4) is 0 Å². The van der Waals surface area contributed by atoms with E-state index in [0.29, 0.717) is 6.04 Å². The van der Waals surface area contributed by atoms with Crippen molar-refractivity contribution in [1.29, 1.82) is 0 Å². The Labute approximate surface area is 95.9 Å². The van der Waals surface area contributed by atoms with Gasteiger partial charge in [-0.25, -0.2) is 0 Å². The van der Waals surface area contributed by atoms with Gasteiger partial charge in [0.2, 0.25) is 0 Å². The number of aromatic nitrogens is 1. The molecule has 1 fully saturated rings. The maximum absolute atomic E-state index is 4.39. The summed E-state index contributed by atoms with van der Waals surface area (Å²) < 4.78 is 0. The van der Waals surface area contributed by atoms with Crippen LogP contribution in [0.15, 0.2) is 24.4 Å². The molecule has 3 heteroatoms. The molecule has 1 aromatic rings. The first-order valence-electron chi connectivity index (χ1n) is 5.55. The zero-order valence-electron chi connectivity index (χ0n) is 9.15. The van der Waals surface area contributed by atoms with Gasteiger partial charge in [-0.05, 0) is 43.0 Å². The highest BCUT2D eigenvalue weighted by atomic mass is 32.2. The van der Waals surface area contributed by atoms with Crippen molar-refractivity contribution >= 4 is 11.8 Å². The lowest BCUT2D eigenvalue weighted by Gasteiger charge is -2.21. The average Bonchev–Trinajstić information content (AvgIpc) is 2.81. The van der Waals surface area contributed by atoms with E-state index in [0.717, 1.165) is 12.3 Å². The van der Waals surface area contributed by atoms with Crippen LogP contribution in [0, 0.1) is 5.92 Å². The van der Waals surface area contributed by atoms with Crippen LogP contribution in [0.1, 0.15) is 12.1 Å². The highest BCUT2D eigenvalue weighted by Gasteiger charge is 2.24. The van der Waals surface area contributed by atoms with Crippen molar-refractivity contribution in [2.75, 3.05) is 18.6 Å². The molecule has 0 saturated carbocycles. The fourth-order valence-electron chi connectivity index (χ4n) is 2.12. The minimum Gasteiger partial charge on any atom is -0.316 e. The van der Waals surface area contributed by atoms with Gasteiger partial charge in [-0.3, -0.25) is 4.98 Å². The third-order valence-corrected chi connectivity index (χ3v) is 4.25. The predicted molar refractivity (Wildman–Crippen MR) is 66.2 cm³/mol. The van der Waals surface area contributed by atoms with Crippen LogP contribution >= 0.6 is 11.8 Å². The first-order valence-corrected chi connectivity index (χ1v) is 6.70. The summed E-state index contributed by atoms with van der Waals surface area (Å²) in [4.78, 5) is 4.39. The van der Waals surface area contributed by atoms with E-state index in [2.05, 4.69) is 41.2 Å². The summed E-state index contributed by atoms with van der Waals surface area (Å²) in [7, 11) is 2.07. The number of nitrogens with zero attached hydrogens (tertiary/aromatic N) is 1. The molecule has 1 aliphatic rings. The van der Waals surface area contributed by atoms with Gasteiger partial charge in [-0.2, -0.15) is 11.8 Å². The van der Waals surface area contributed by atoms with Crippen LogP contribution in [-0.2, 0) is 6.42 Å². The molecule has 0 amide bonds. The summed E-state index contributed by atoms with van der Waals surface area (Å²) in [6.45, 7) is 0. The molecule has 82 valence electrons. The van der Waals surface area contributed by atoms with Gasteiger partial charge in [0.1, 0.15) is 0 Å². The van der Waals surface area contributed by atoms with Crippen LogP contribution < -0.4 is 5.32 Å². The van der Waals surface area contributed by atoms with E-state index in [9.17, 15) is 0 Å². The number of thioether (sulfide) groups is 1. The second-order valence-corrected chi connectivity index (χ2v) is 5.19. The van der Waals surface area contributed by atoms with Gasteiger partial charge < -0.3 is 5.32 Å². The SMILES string of the molecule is CNC(Cc1ccccn1)C1CCSC1. The van der Waals surface area contributed by atoms with Crippen LogP contribution in [0.4, 0.5) is 0 Å². The van der Waals surface area contributed by atoms with E-state index in [1.807, 2.05) is 12.3 Å². The smallest absolute Gasteiger partial charge is 0.0419 e. The van der Waals surface area contributed by atoms with Crippen LogP contribution in [0.2, 0.25) is 0 Å². The predicted octanol–water partition coefficient (Wildman–Crippen LogP) is 1.97. The first-order chi connectivity index (χ1) is 7.40. The number of hydrogen-bond acceptors (Lipinski definition) is 3. The first kappa shape index (κ1) is 11.0. The molecule has 0 aromatic carbocycles. The molecular weight excluding hydrogens is 204 g/mol. The highest BCUT2D eigenvalue weighted by molar-refractivity contribution is 7.99.